The van der Waals surface area contributed by atoms with Crippen LogP contribution < -0.4 is 5.32 Å². The van der Waals surface area contributed by atoms with Crippen LogP contribution in [0.4, 0.5) is 0 Å². The van der Waals surface area contributed by atoms with E-state index in [1.54, 1.807) is 0 Å². The number of para-hydroxylation sites is 1. The quantitative estimate of drug-likeness (QED) is 0.808. The van der Waals surface area contributed by atoms with Crippen LogP contribution in [0.1, 0.15) is 10.9 Å². The topological polar surface area (TPSA) is 24.9 Å². The molecule has 1 aromatic carbocycles. The van der Waals surface area contributed by atoms with Gasteiger partial charge in [0.05, 0.1) is 15.2 Å². The van der Waals surface area contributed by atoms with Gasteiger partial charge in [0, 0.05) is 19.0 Å². The highest BCUT2D eigenvalue weighted by molar-refractivity contribution is 7.18. The maximum absolute atomic E-state index is 4.61. The summed E-state index contributed by atoms with van der Waals surface area (Å²) in [7, 11) is 0. The van der Waals surface area contributed by atoms with E-state index in [0.717, 1.165) is 18.6 Å². The fraction of sp³-hybridized carbons (Fsp3) is 0.300. The largest absolute Gasteiger partial charge is 0.315 e. The molecule has 74 valence electrons. The molecule has 2 heterocycles. The third kappa shape index (κ3) is 1.52. The van der Waals surface area contributed by atoms with Crippen LogP contribution in [-0.4, -0.2) is 18.1 Å². The molecule has 1 N–H and O–H groups in total. The molecule has 4 heteroatoms. The molecule has 0 amide bonds. The molecule has 3 rings (SSSR count). The molecule has 1 fully saturated rings. The van der Waals surface area contributed by atoms with E-state index in [2.05, 4.69) is 28.5 Å². The van der Waals surface area contributed by atoms with E-state index in [1.807, 2.05) is 17.4 Å². The van der Waals surface area contributed by atoms with Crippen LogP contribution in [0, 0.1) is 0 Å². The molecule has 1 aromatic heterocycles. The number of thiazole rings is 1. The summed E-state index contributed by atoms with van der Waals surface area (Å²) in [6, 6.07) is 8.35. The minimum absolute atomic E-state index is 0. The predicted molar refractivity (Wildman–Crippen MR) is 62.5 cm³/mol. The van der Waals surface area contributed by atoms with Crippen molar-refractivity contribution in [1.29, 1.82) is 0 Å². The molecule has 1 aliphatic heterocycles. The van der Waals surface area contributed by atoms with Gasteiger partial charge in [0.25, 0.3) is 0 Å². The van der Waals surface area contributed by atoms with E-state index >= 15 is 0 Å². The summed E-state index contributed by atoms with van der Waals surface area (Å²) in [4.78, 5) is 4.61. The van der Waals surface area contributed by atoms with E-state index in [9.17, 15) is 0 Å². The van der Waals surface area contributed by atoms with Crippen molar-refractivity contribution in [3.8, 4) is 0 Å². The highest BCUT2D eigenvalue weighted by Gasteiger charge is 2.22. The summed E-state index contributed by atoms with van der Waals surface area (Å²) in [5.74, 6) is 0.664. The van der Waals surface area contributed by atoms with Crippen molar-refractivity contribution in [2.75, 3.05) is 13.1 Å². The second-order valence-electron chi connectivity index (χ2n) is 3.37. The Balaban J connectivity index is 0.000000750. The van der Waals surface area contributed by atoms with Crippen LogP contribution in [0.3, 0.4) is 0 Å². The standard InChI is InChI=1S/C10H10N2S.ClH/c1-2-4-9-8(3-1)12-10(13-9)7-5-11-6-7;/h1-4,7,11H,5-6H2;1H. The lowest BCUT2D eigenvalue weighted by Crippen LogP contribution is -2.39. The summed E-state index contributed by atoms with van der Waals surface area (Å²) in [6.45, 7) is 2.19. The van der Waals surface area contributed by atoms with E-state index in [-0.39, 0.29) is 12.4 Å². The second kappa shape index (κ2) is 3.85. The molecule has 0 aliphatic carbocycles. The number of nitrogens with zero attached hydrogens (tertiary/aromatic N) is 1. The lowest BCUT2D eigenvalue weighted by atomic mass is 10.1. The summed E-state index contributed by atoms with van der Waals surface area (Å²) >= 11 is 1.83. The van der Waals surface area contributed by atoms with Crippen LogP contribution in [0.15, 0.2) is 24.3 Å². The monoisotopic (exact) mass is 226 g/mol. The first kappa shape index (κ1) is 9.90. The first-order valence-corrected chi connectivity index (χ1v) is 5.31. The molecule has 0 saturated carbocycles. The van der Waals surface area contributed by atoms with Crippen molar-refractivity contribution in [2.24, 2.45) is 0 Å². The van der Waals surface area contributed by atoms with Crippen molar-refractivity contribution in [1.82, 2.24) is 10.3 Å². The average Bonchev–Trinajstić information content (AvgIpc) is 2.43. The number of halogens is 1. The molecule has 1 saturated heterocycles. The molecular formula is C10H11ClN2S. The molecular weight excluding hydrogens is 216 g/mol. The fourth-order valence-corrected chi connectivity index (χ4v) is 2.60. The molecule has 1 aliphatic rings. The molecule has 0 bridgehead atoms. The van der Waals surface area contributed by atoms with Gasteiger partial charge in [-0.15, -0.1) is 23.7 Å². The second-order valence-corrected chi connectivity index (χ2v) is 4.44. The summed E-state index contributed by atoms with van der Waals surface area (Å²) in [5, 5.41) is 4.56. The first-order chi connectivity index (χ1) is 6.43. The molecule has 0 unspecified atom stereocenters. The van der Waals surface area contributed by atoms with Crippen molar-refractivity contribution >= 4 is 34.0 Å². The number of nitrogens with one attached hydrogen (secondary N) is 1. The summed E-state index contributed by atoms with van der Waals surface area (Å²) < 4.78 is 1.31. The molecule has 0 atom stereocenters. The molecule has 2 nitrogen and oxygen atoms in total. The Morgan fingerprint density at radius 1 is 1.29 bits per heavy atom. The summed E-state index contributed by atoms with van der Waals surface area (Å²) in [6.07, 6.45) is 0. The van der Waals surface area contributed by atoms with Crippen LogP contribution in [-0.2, 0) is 0 Å². The van der Waals surface area contributed by atoms with Gasteiger partial charge in [-0.05, 0) is 12.1 Å². The van der Waals surface area contributed by atoms with Gasteiger partial charge in [0.2, 0.25) is 0 Å². The third-order valence-corrected chi connectivity index (χ3v) is 3.64. The van der Waals surface area contributed by atoms with Crippen molar-refractivity contribution in [3.63, 3.8) is 0 Å². The SMILES string of the molecule is Cl.c1ccc2sc(C3CNC3)nc2c1. The minimum atomic E-state index is 0. The van der Waals surface area contributed by atoms with E-state index in [0.29, 0.717) is 5.92 Å². The zero-order valence-electron chi connectivity index (χ0n) is 7.56. The van der Waals surface area contributed by atoms with Crippen molar-refractivity contribution < 1.29 is 0 Å². The third-order valence-electron chi connectivity index (χ3n) is 2.44. The highest BCUT2D eigenvalue weighted by Crippen LogP contribution is 2.28. The maximum Gasteiger partial charge on any atom is 0.0994 e. The maximum atomic E-state index is 4.61. The molecule has 14 heavy (non-hydrogen) atoms. The Morgan fingerprint density at radius 2 is 2.07 bits per heavy atom. The van der Waals surface area contributed by atoms with Gasteiger partial charge in [-0.3, -0.25) is 0 Å². The van der Waals surface area contributed by atoms with E-state index in [4.69, 9.17) is 0 Å². The molecule has 0 spiro atoms. The first-order valence-electron chi connectivity index (χ1n) is 4.50. The smallest absolute Gasteiger partial charge is 0.0994 e. The Kier molecular flexibility index (Phi) is 2.72. The number of benzene rings is 1. The van der Waals surface area contributed by atoms with Gasteiger partial charge in [-0.1, -0.05) is 12.1 Å². The molecule has 2 aromatic rings. The minimum Gasteiger partial charge on any atom is -0.315 e. The predicted octanol–water partition coefficient (Wildman–Crippen LogP) is 2.40. The van der Waals surface area contributed by atoms with Crippen LogP contribution in [0.25, 0.3) is 10.2 Å². The number of aromatic nitrogens is 1. The van der Waals surface area contributed by atoms with Gasteiger partial charge in [0.15, 0.2) is 0 Å². The van der Waals surface area contributed by atoms with Gasteiger partial charge in [-0.25, -0.2) is 4.98 Å². The Labute approximate surface area is 92.8 Å². The van der Waals surface area contributed by atoms with Gasteiger partial charge in [-0.2, -0.15) is 0 Å². The van der Waals surface area contributed by atoms with E-state index in [1.165, 1.54) is 9.71 Å². The van der Waals surface area contributed by atoms with Crippen LogP contribution in [0.5, 0.6) is 0 Å². The average molecular weight is 227 g/mol. The lowest BCUT2D eigenvalue weighted by molar-refractivity contribution is 0.447. The number of hydrogen-bond donors (Lipinski definition) is 1. The number of hydrogen-bond acceptors (Lipinski definition) is 3. The normalized spacial score (nSPS) is 16.3. The van der Waals surface area contributed by atoms with Gasteiger partial charge >= 0.3 is 0 Å². The van der Waals surface area contributed by atoms with Crippen molar-refractivity contribution in [3.05, 3.63) is 29.3 Å². The Morgan fingerprint density at radius 3 is 2.71 bits per heavy atom. The number of fused-ring (bicyclic) bond motifs is 1. The summed E-state index contributed by atoms with van der Waals surface area (Å²) in [5.41, 5.74) is 1.15. The van der Waals surface area contributed by atoms with Gasteiger partial charge in [0.1, 0.15) is 0 Å². The van der Waals surface area contributed by atoms with E-state index < -0.39 is 0 Å². The van der Waals surface area contributed by atoms with Crippen molar-refractivity contribution in [2.45, 2.75) is 5.92 Å². The Bertz CT molecular complexity index is 403. The molecule has 0 radical (unpaired) electrons. The Hall–Kier alpha value is -0.640. The zero-order chi connectivity index (χ0) is 8.67. The zero-order valence-corrected chi connectivity index (χ0v) is 9.20. The van der Waals surface area contributed by atoms with Crippen LogP contribution in [0.2, 0.25) is 0 Å². The highest BCUT2D eigenvalue weighted by atomic mass is 35.5. The lowest BCUT2D eigenvalue weighted by Gasteiger charge is -2.24. The number of rotatable bonds is 1. The fourth-order valence-electron chi connectivity index (χ4n) is 1.53. The van der Waals surface area contributed by atoms with Crippen LogP contribution >= 0.6 is 23.7 Å². The van der Waals surface area contributed by atoms with Gasteiger partial charge < -0.3 is 5.32 Å².